The molecule has 2 aromatic carbocycles. The van der Waals surface area contributed by atoms with E-state index >= 15 is 0 Å². The SMILES string of the molecule is Cc1nc(-c2ccc(OC(=O)c3cc(Cl)c4c(c3)OCCCO4)cc2)no1. The van der Waals surface area contributed by atoms with E-state index in [0.29, 0.717) is 47.2 Å². The van der Waals surface area contributed by atoms with Gasteiger partial charge in [0.05, 0.1) is 23.8 Å². The van der Waals surface area contributed by atoms with Gasteiger partial charge in [-0.1, -0.05) is 16.8 Å². The first-order valence-electron chi connectivity index (χ1n) is 8.32. The molecule has 0 N–H and O–H groups in total. The lowest BCUT2D eigenvalue weighted by Gasteiger charge is -2.11. The highest BCUT2D eigenvalue weighted by molar-refractivity contribution is 6.32. The summed E-state index contributed by atoms with van der Waals surface area (Å²) >= 11 is 6.22. The van der Waals surface area contributed by atoms with Crippen LogP contribution in [0.1, 0.15) is 22.7 Å². The van der Waals surface area contributed by atoms with Crippen molar-refractivity contribution in [2.75, 3.05) is 13.2 Å². The number of rotatable bonds is 3. The van der Waals surface area contributed by atoms with Gasteiger partial charge in [-0.2, -0.15) is 4.98 Å². The lowest BCUT2D eigenvalue weighted by molar-refractivity contribution is 0.0734. The molecule has 0 spiro atoms. The van der Waals surface area contributed by atoms with Crippen molar-refractivity contribution in [3.8, 4) is 28.6 Å². The van der Waals surface area contributed by atoms with E-state index in [9.17, 15) is 4.79 Å². The molecule has 0 saturated heterocycles. The maximum atomic E-state index is 12.5. The summed E-state index contributed by atoms with van der Waals surface area (Å²) in [6.07, 6.45) is 0.747. The van der Waals surface area contributed by atoms with Gasteiger partial charge in [0.1, 0.15) is 5.75 Å². The molecule has 1 aliphatic rings. The monoisotopic (exact) mass is 386 g/mol. The van der Waals surface area contributed by atoms with E-state index in [1.54, 1.807) is 37.3 Å². The maximum absolute atomic E-state index is 12.5. The average Bonchev–Trinajstić information content (AvgIpc) is 2.95. The third kappa shape index (κ3) is 3.73. The maximum Gasteiger partial charge on any atom is 0.343 e. The number of ether oxygens (including phenoxy) is 3. The van der Waals surface area contributed by atoms with Crippen molar-refractivity contribution in [3.05, 3.63) is 52.9 Å². The molecule has 7 nitrogen and oxygen atoms in total. The van der Waals surface area contributed by atoms with E-state index in [-0.39, 0.29) is 5.56 Å². The zero-order valence-corrected chi connectivity index (χ0v) is 15.2. The second kappa shape index (κ2) is 7.28. The number of hydrogen-bond acceptors (Lipinski definition) is 7. The summed E-state index contributed by atoms with van der Waals surface area (Å²) in [5.74, 6) is 1.68. The molecule has 27 heavy (non-hydrogen) atoms. The summed E-state index contributed by atoms with van der Waals surface area (Å²) in [5.41, 5.74) is 1.03. The molecule has 0 saturated carbocycles. The van der Waals surface area contributed by atoms with Crippen LogP contribution in [-0.4, -0.2) is 29.3 Å². The standard InChI is InChI=1S/C19H15ClN2O5/c1-11-21-18(22-27-11)12-3-5-14(6-4-12)26-19(23)13-9-15(20)17-16(10-13)24-7-2-8-25-17/h3-6,9-10H,2,7-8H2,1H3. The molecule has 138 valence electrons. The van der Waals surface area contributed by atoms with E-state index in [2.05, 4.69) is 10.1 Å². The molecular formula is C19H15ClN2O5. The molecule has 3 aromatic rings. The number of benzene rings is 2. The van der Waals surface area contributed by atoms with E-state index in [4.69, 9.17) is 30.3 Å². The van der Waals surface area contributed by atoms with Crippen LogP contribution in [0.15, 0.2) is 40.9 Å². The Morgan fingerprint density at radius 3 is 2.67 bits per heavy atom. The first-order chi connectivity index (χ1) is 13.1. The van der Waals surface area contributed by atoms with Crippen LogP contribution in [0, 0.1) is 6.92 Å². The van der Waals surface area contributed by atoms with E-state index in [1.807, 2.05) is 0 Å². The molecule has 0 fully saturated rings. The van der Waals surface area contributed by atoms with Crippen molar-refractivity contribution < 1.29 is 23.5 Å². The molecule has 0 radical (unpaired) electrons. The highest BCUT2D eigenvalue weighted by Gasteiger charge is 2.19. The van der Waals surface area contributed by atoms with Crippen molar-refractivity contribution in [1.29, 1.82) is 0 Å². The fourth-order valence-corrected chi connectivity index (χ4v) is 2.87. The number of aromatic nitrogens is 2. The fraction of sp³-hybridized carbons (Fsp3) is 0.211. The number of carbonyl (C=O) groups excluding carboxylic acids is 1. The molecule has 0 aliphatic carbocycles. The summed E-state index contributed by atoms with van der Waals surface area (Å²) in [7, 11) is 0. The number of carbonyl (C=O) groups is 1. The smallest absolute Gasteiger partial charge is 0.343 e. The zero-order chi connectivity index (χ0) is 18.8. The summed E-state index contributed by atoms with van der Waals surface area (Å²) in [5, 5.41) is 4.16. The van der Waals surface area contributed by atoms with Crippen molar-refractivity contribution in [1.82, 2.24) is 10.1 Å². The topological polar surface area (TPSA) is 83.7 Å². The molecule has 0 amide bonds. The summed E-state index contributed by atoms with van der Waals surface area (Å²) < 4.78 is 21.5. The van der Waals surface area contributed by atoms with Crippen molar-refractivity contribution >= 4 is 17.6 Å². The first kappa shape index (κ1) is 17.4. The van der Waals surface area contributed by atoms with Crippen molar-refractivity contribution in [2.24, 2.45) is 0 Å². The van der Waals surface area contributed by atoms with Crippen molar-refractivity contribution in [3.63, 3.8) is 0 Å². The average molecular weight is 387 g/mol. The van der Waals surface area contributed by atoms with Gasteiger partial charge in [-0.25, -0.2) is 4.79 Å². The molecule has 1 aromatic heterocycles. The van der Waals surface area contributed by atoms with E-state index < -0.39 is 5.97 Å². The molecule has 8 heteroatoms. The van der Waals surface area contributed by atoms with E-state index in [1.165, 1.54) is 6.07 Å². The first-order valence-corrected chi connectivity index (χ1v) is 8.70. The molecule has 1 aliphatic heterocycles. The Kier molecular flexibility index (Phi) is 4.68. The van der Waals surface area contributed by atoms with Gasteiger partial charge in [0.2, 0.25) is 11.7 Å². The largest absolute Gasteiger partial charge is 0.489 e. The van der Waals surface area contributed by atoms with Gasteiger partial charge in [-0.05, 0) is 36.4 Å². The Hall–Kier alpha value is -3.06. The Morgan fingerprint density at radius 1 is 1.15 bits per heavy atom. The second-order valence-corrected chi connectivity index (χ2v) is 6.29. The highest BCUT2D eigenvalue weighted by Crippen LogP contribution is 2.38. The highest BCUT2D eigenvalue weighted by atomic mass is 35.5. The summed E-state index contributed by atoms with van der Waals surface area (Å²) in [6, 6.07) is 9.88. The number of nitrogens with zero attached hydrogens (tertiary/aromatic N) is 2. The van der Waals surface area contributed by atoms with Crippen LogP contribution in [0.4, 0.5) is 0 Å². The quantitative estimate of drug-likeness (QED) is 0.495. The van der Waals surface area contributed by atoms with Crippen LogP contribution in [0.2, 0.25) is 5.02 Å². The summed E-state index contributed by atoms with van der Waals surface area (Å²) in [4.78, 5) is 16.6. The Morgan fingerprint density at radius 2 is 1.93 bits per heavy atom. The van der Waals surface area contributed by atoms with Crippen molar-refractivity contribution in [2.45, 2.75) is 13.3 Å². The third-order valence-electron chi connectivity index (χ3n) is 3.89. The minimum atomic E-state index is -0.546. The van der Waals surface area contributed by atoms with E-state index in [0.717, 1.165) is 12.0 Å². The molecule has 0 unspecified atom stereocenters. The fourth-order valence-electron chi connectivity index (χ4n) is 2.60. The third-order valence-corrected chi connectivity index (χ3v) is 4.17. The molecule has 0 atom stereocenters. The predicted octanol–water partition coefficient (Wildman–Crippen LogP) is 4.08. The predicted molar refractivity (Wildman–Crippen MR) is 96.5 cm³/mol. The second-order valence-electron chi connectivity index (χ2n) is 5.89. The van der Waals surface area contributed by atoms with Gasteiger partial charge in [0, 0.05) is 18.9 Å². The number of hydrogen-bond donors (Lipinski definition) is 0. The Bertz CT molecular complexity index is 984. The Labute approximate surface area is 159 Å². The molecular weight excluding hydrogens is 372 g/mol. The van der Waals surface area contributed by atoms with Crippen LogP contribution in [-0.2, 0) is 0 Å². The van der Waals surface area contributed by atoms with Gasteiger partial charge in [-0.15, -0.1) is 0 Å². The minimum Gasteiger partial charge on any atom is -0.489 e. The number of halogens is 1. The van der Waals surface area contributed by atoms with Gasteiger partial charge in [0.25, 0.3) is 0 Å². The van der Waals surface area contributed by atoms with Gasteiger partial charge < -0.3 is 18.7 Å². The molecule has 2 heterocycles. The normalized spacial score (nSPS) is 13.1. The van der Waals surface area contributed by atoms with Gasteiger partial charge >= 0.3 is 5.97 Å². The Balaban J connectivity index is 1.52. The lowest BCUT2D eigenvalue weighted by atomic mass is 10.2. The lowest BCUT2D eigenvalue weighted by Crippen LogP contribution is -2.09. The minimum absolute atomic E-state index is 0.280. The van der Waals surface area contributed by atoms with Gasteiger partial charge in [-0.3, -0.25) is 0 Å². The molecule has 0 bridgehead atoms. The van der Waals surface area contributed by atoms with Gasteiger partial charge in [0.15, 0.2) is 11.5 Å². The molecule has 4 rings (SSSR count). The van der Waals surface area contributed by atoms with Crippen LogP contribution in [0.25, 0.3) is 11.4 Å². The number of esters is 1. The van der Waals surface area contributed by atoms with Crippen LogP contribution >= 0.6 is 11.6 Å². The number of aryl methyl sites for hydroxylation is 1. The van der Waals surface area contributed by atoms with Crippen LogP contribution < -0.4 is 14.2 Å². The zero-order valence-electron chi connectivity index (χ0n) is 14.4. The summed E-state index contributed by atoms with van der Waals surface area (Å²) in [6.45, 7) is 2.73. The van der Waals surface area contributed by atoms with Crippen LogP contribution in [0.3, 0.4) is 0 Å². The van der Waals surface area contributed by atoms with Crippen LogP contribution in [0.5, 0.6) is 17.2 Å². The number of fused-ring (bicyclic) bond motifs is 1.